The third-order valence-corrected chi connectivity index (χ3v) is 13.3. The Hall–Kier alpha value is -6.64. The molecule has 0 unspecified atom stereocenters. The van der Waals surface area contributed by atoms with E-state index < -0.39 is 0 Å². The summed E-state index contributed by atoms with van der Waals surface area (Å²) in [4.78, 5) is 2.54. The maximum atomic E-state index is 2.54. The molecule has 2 nitrogen and oxygen atoms in total. The van der Waals surface area contributed by atoms with Crippen LogP contribution in [0.4, 0.5) is 17.1 Å². The minimum atomic E-state index is -0.101. The van der Waals surface area contributed by atoms with Crippen molar-refractivity contribution in [1.82, 2.24) is 4.40 Å². The molecule has 2 heterocycles. The Morgan fingerprint density at radius 3 is 1.52 bits per heavy atom. The maximum absolute atomic E-state index is 2.54. The normalized spacial score (nSPS) is 14.7. The van der Waals surface area contributed by atoms with E-state index in [4.69, 9.17) is 0 Å². The van der Waals surface area contributed by atoms with Gasteiger partial charge in [0.15, 0.2) is 0 Å². The molecule has 0 atom stereocenters. The van der Waals surface area contributed by atoms with Crippen LogP contribution in [0.5, 0.6) is 0 Å². The van der Waals surface area contributed by atoms with Gasteiger partial charge in [0, 0.05) is 49.2 Å². The third-order valence-electron chi connectivity index (χ3n) is 13.3. The van der Waals surface area contributed by atoms with E-state index in [1.54, 1.807) is 0 Å². The van der Waals surface area contributed by atoms with Crippen LogP contribution in [0.15, 0.2) is 170 Å². The predicted molar refractivity (Wildman–Crippen MR) is 236 cm³/mol. The topological polar surface area (TPSA) is 7.65 Å². The Morgan fingerprint density at radius 1 is 0.393 bits per heavy atom. The average molecular weight is 717 g/mol. The van der Waals surface area contributed by atoms with Gasteiger partial charge in [-0.3, -0.25) is 0 Å². The van der Waals surface area contributed by atoms with Crippen LogP contribution in [0, 0.1) is 0 Å². The first kappa shape index (κ1) is 31.7. The molecule has 0 saturated carbocycles. The quantitative estimate of drug-likeness (QED) is 0.176. The van der Waals surface area contributed by atoms with Crippen molar-refractivity contribution in [1.29, 1.82) is 0 Å². The second-order valence-electron chi connectivity index (χ2n) is 16.9. The van der Waals surface area contributed by atoms with Gasteiger partial charge in [0.1, 0.15) is 0 Å². The van der Waals surface area contributed by atoms with E-state index in [2.05, 4.69) is 207 Å². The molecule has 2 aliphatic rings. The highest BCUT2D eigenvalue weighted by Gasteiger charge is 2.40. The van der Waals surface area contributed by atoms with Crippen LogP contribution in [0.1, 0.15) is 49.9 Å². The zero-order chi connectivity index (χ0) is 37.5. The lowest BCUT2D eigenvalue weighted by Crippen LogP contribution is -2.17. The summed E-state index contributed by atoms with van der Waals surface area (Å²) < 4.78 is 2.45. The summed E-state index contributed by atoms with van der Waals surface area (Å²) in [6, 6.07) is 63.7. The number of hydrogen-bond acceptors (Lipinski definition) is 1. The van der Waals surface area contributed by atoms with Crippen LogP contribution >= 0.6 is 0 Å². The van der Waals surface area contributed by atoms with Crippen LogP contribution in [0.3, 0.4) is 0 Å². The second-order valence-corrected chi connectivity index (χ2v) is 16.9. The standard InChI is InChI=1S/C54H40N2/c1-53(2)42-19-8-5-15-39(42)50-44(53)21-12-24-48(50)55(49-25-13-22-45-51(49)40-16-6-9-20-43(40)54(45,3)4)35-29-26-33(27-30-35)34-28-31-47-41(32-34)38-18-11-17-37-36-14-7-10-23-46(36)56(47)52(37)38/h5-32H,1-4H3. The Kier molecular flexibility index (Phi) is 6.22. The first-order valence-corrected chi connectivity index (χ1v) is 19.9. The number of benzene rings is 8. The minimum Gasteiger partial charge on any atom is -0.309 e. The minimum absolute atomic E-state index is 0.101. The fraction of sp³-hybridized carbons (Fsp3) is 0.111. The summed E-state index contributed by atoms with van der Waals surface area (Å²) in [6.45, 7) is 9.48. The number of anilines is 3. The van der Waals surface area contributed by atoms with Crippen molar-refractivity contribution in [2.45, 2.75) is 38.5 Å². The van der Waals surface area contributed by atoms with Crippen LogP contribution in [0.25, 0.3) is 71.5 Å². The van der Waals surface area contributed by atoms with Crippen LogP contribution < -0.4 is 4.90 Å². The summed E-state index contributed by atoms with van der Waals surface area (Å²) >= 11 is 0. The van der Waals surface area contributed by atoms with Gasteiger partial charge in [0.05, 0.1) is 27.9 Å². The van der Waals surface area contributed by atoms with Crippen molar-refractivity contribution in [3.63, 3.8) is 0 Å². The van der Waals surface area contributed by atoms with Crippen LogP contribution in [-0.4, -0.2) is 4.40 Å². The lowest BCUT2D eigenvalue weighted by atomic mass is 9.82. The SMILES string of the molecule is CC1(C)c2ccccc2-c2c(N(c3ccc(-c4ccc5c(c4)c4cccc6c7ccccc7n5c64)cc3)c3cccc4c3-c3ccccc3C4(C)C)cccc21. The summed E-state index contributed by atoms with van der Waals surface area (Å²) in [7, 11) is 0. The largest absolute Gasteiger partial charge is 0.309 e. The first-order valence-electron chi connectivity index (χ1n) is 19.9. The number of nitrogens with zero attached hydrogens (tertiary/aromatic N) is 2. The lowest BCUT2D eigenvalue weighted by molar-refractivity contribution is 0.660. The molecule has 0 aliphatic heterocycles. The molecule has 0 saturated heterocycles. The number of fused-ring (bicyclic) bond motifs is 12. The third kappa shape index (κ3) is 4.01. The van der Waals surface area contributed by atoms with E-state index in [0.717, 1.165) is 5.69 Å². The Labute approximate surface area is 327 Å². The molecule has 12 rings (SSSR count). The van der Waals surface area contributed by atoms with Crippen molar-refractivity contribution < 1.29 is 0 Å². The van der Waals surface area contributed by atoms with Crippen LogP contribution in [0.2, 0.25) is 0 Å². The van der Waals surface area contributed by atoms with Gasteiger partial charge >= 0.3 is 0 Å². The van der Waals surface area contributed by atoms with Gasteiger partial charge in [-0.2, -0.15) is 0 Å². The van der Waals surface area contributed by atoms with E-state index in [0.29, 0.717) is 0 Å². The molecule has 266 valence electrons. The van der Waals surface area contributed by atoms with E-state index in [-0.39, 0.29) is 10.8 Å². The van der Waals surface area contributed by atoms with Gasteiger partial charge in [-0.15, -0.1) is 0 Å². The van der Waals surface area contributed by atoms with Crippen molar-refractivity contribution in [2.75, 3.05) is 4.90 Å². The van der Waals surface area contributed by atoms with Gasteiger partial charge in [0.25, 0.3) is 0 Å². The van der Waals surface area contributed by atoms with Crippen molar-refractivity contribution in [2.24, 2.45) is 0 Å². The van der Waals surface area contributed by atoms with E-state index in [9.17, 15) is 0 Å². The first-order chi connectivity index (χ1) is 27.3. The Balaban J connectivity index is 1.06. The molecule has 0 N–H and O–H groups in total. The molecule has 8 aromatic carbocycles. The fourth-order valence-electron chi connectivity index (χ4n) is 10.7. The molecule has 56 heavy (non-hydrogen) atoms. The van der Waals surface area contributed by atoms with Crippen molar-refractivity contribution in [3.8, 4) is 33.4 Å². The lowest BCUT2D eigenvalue weighted by Gasteiger charge is -2.31. The zero-order valence-electron chi connectivity index (χ0n) is 32.1. The average Bonchev–Trinajstić information content (AvgIpc) is 3.90. The molecule has 0 fully saturated rings. The van der Waals surface area contributed by atoms with Crippen LogP contribution in [-0.2, 0) is 10.8 Å². The second kappa shape index (κ2) is 11.0. The molecule has 2 aromatic heterocycles. The van der Waals surface area contributed by atoms with E-state index >= 15 is 0 Å². The number of hydrogen-bond donors (Lipinski definition) is 0. The molecule has 0 spiro atoms. The molecule has 2 aliphatic carbocycles. The van der Waals surface area contributed by atoms with Gasteiger partial charge in [-0.1, -0.05) is 155 Å². The smallest absolute Gasteiger partial charge is 0.0620 e. The highest BCUT2D eigenvalue weighted by Crippen LogP contribution is 2.58. The maximum Gasteiger partial charge on any atom is 0.0620 e. The molecule has 2 heteroatoms. The van der Waals surface area contributed by atoms with Gasteiger partial charge in [-0.25, -0.2) is 0 Å². The van der Waals surface area contributed by atoms with Gasteiger partial charge in [0.2, 0.25) is 0 Å². The highest BCUT2D eigenvalue weighted by molar-refractivity contribution is 6.23. The van der Waals surface area contributed by atoms with E-state index in [1.165, 1.54) is 105 Å². The molecular formula is C54H40N2. The monoisotopic (exact) mass is 716 g/mol. The predicted octanol–water partition coefficient (Wildman–Crippen LogP) is 14.6. The number of para-hydroxylation sites is 2. The van der Waals surface area contributed by atoms with E-state index in [1.807, 2.05) is 0 Å². The summed E-state index contributed by atoms with van der Waals surface area (Å²) in [5.74, 6) is 0. The molecular weight excluding hydrogens is 677 g/mol. The molecule has 0 bridgehead atoms. The van der Waals surface area contributed by atoms with Crippen molar-refractivity contribution >= 4 is 55.2 Å². The summed E-state index contributed by atoms with van der Waals surface area (Å²) in [5, 5.41) is 5.23. The Bertz CT molecular complexity index is 3140. The fourth-order valence-corrected chi connectivity index (χ4v) is 10.7. The highest BCUT2D eigenvalue weighted by atomic mass is 15.1. The summed E-state index contributed by atoms with van der Waals surface area (Å²) in [5.41, 5.74) is 20.4. The van der Waals surface area contributed by atoms with Gasteiger partial charge in [-0.05, 0) is 87.0 Å². The van der Waals surface area contributed by atoms with Crippen molar-refractivity contribution in [3.05, 3.63) is 192 Å². The number of aromatic nitrogens is 1. The molecule has 0 radical (unpaired) electrons. The number of rotatable bonds is 4. The zero-order valence-corrected chi connectivity index (χ0v) is 32.1. The molecule has 0 amide bonds. The van der Waals surface area contributed by atoms with Gasteiger partial charge < -0.3 is 9.30 Å². The summed E-state index contributed by atoms with van der Waals surface area (Å²) in [6.07, 6.45) is 0. The Morgan fingerprint density at radius 2 is 0.875 bits per heavy atom. The molecule has 10 aromatic rings.